The number of benzene rings is 1. The number of fused-ring (bicyclic) bond motifs is 1. The molecule has 0 bridgehead atoms. The molecule has 1 aliphatic carbocycles. The van der Waals surface area contributed by atoms with E-state index in [4.69, 9.17) is 27.9 Å². The van der Waals surface area contributed by atoms with Crippen molar-refractivity contribution >= 4 is 49.3 Å². The fraction of sp³-hybridized carbons (Fsp3) is 0.474. The topological polar surface area (TPSA) is 46.6 Å². The van der Waals surface area contributed by atoms with E-state index in [2.05, 4.69) is 6.66 Å². The summed E-state index contributed by atoms with van der Waals surface area (Å²) in [5.41, 5.74) is 0.349. The maximum absolute atomic E-state index is 12.8. The van der Waals surface area contributed by atoms with Gasteiger partial charge in [0.1, 0.15) is 11.1 Å². The van der Waals surface area contributed by atoms with Crippen LogP contribution in [0.4, 0.5) is 5.69 Å². The summed E-state index contributed by atoms with van der Waals surface area (Å²) in [6.07, 6.45) is 6.10. The molecule has 0 spiro atoms. The van der Waals surface area contributed by atoms with E-state index in [0.717, 1.165) is 12.8 Å². The van der Waals surface area contributed by atoms with Crippen LogP contribution in [0.1, 0.15) is 33.1 Å². The molecule has 4 atom stereocenters. The van der Waals surface area contributed by atoms with E-state index in [1.807, 2.05) is 26.0 Å². The summed E-state index contributed by atoms with van der Waals surface area (Å²) in [5, 5.41) is 0.279. The first-order valence-corrected chi connectivity index (χ1v) is 11.0. The van der Waals surface area contributed by atoms with Crippen molar-refractivity contribution in [2.45, 2.75) is 38.5 Å². The molecule has 2 aliphatic rings. The van der Waals surface area contributed by atoms with Crippen molar-refractivity contribution in [1.29, 1.82) is 0 Å². The molecule has 1 aromatic rings. The summed E-state index contributed by atoms with van der Waals surface area (Å²) in [5.74, 6) is -0.695. The Labute approximate surface area is 165 Å². The molecule has 1 saturated heterocycles. The maximum Gasteiger partial charge on any atom is 0.241 e. The number of rotatable bonds is 5. The molecule has 0 saturated carbocycles. The van der Waals surface area contributed by atoms with Gasteiger partial charge < -0.3 is 4.74 Å². The van der Waals surface area contributed by atoms with Crippen molar-refractivity contribution in [3.05, 3.63) is 34.3 Å². The van der Waals surface area contributed by atoms with Crippen LogP contribution in [0.5, 0.6) is 5.75 Å². The van der Waals surface area contributed by atoms with E-state index in [-0.39, 0.29) is 28.1 Å². The highest BCUT2D eigenvalue weighted by Gasteiger charge is 2.48. The number of imide groups is 1. The number of ether oxygens (including phenoxy) is 1. The molecule has 3 rings (SSSR count). The van der Waals surface area contributed by atoms with Gasteiger partial charge in [-0.2, -0.15) is 0 Å². The molecule has 0 aromatic heterocycles. The summed E-state index contributed by atoms with van der Waals surface area (Å²) in [6, 6.07) is 3.16. The summed E-state index contributed by atoms with van der Waals surface area (Å²) >= 11 is 12.7. The molecule has 0 N–H and O–H groups in total. The molecule has 4 unspecified atom stereocenters. The van der Waals surface area contributed by atoms with Crippen molar-refractivity contribution in [3.63, 3.8) is 0 Å². The summed E-state index contributed by atoms with van der Waals surface area (Å²) in [7, 11) is 0.545. The van der Waals surface area contributed by atoms with Crippen LogP contribution in [0, 0.1) is 11.8 Å². The molecule has 1 heterocycles. The highest BCUT2D eigenvalue weighted by Crippen LogP contribution is 2.45. The predicted octanol–water partition coefficient (Wildman–Crippen LogP) is 5.26. The van der Waals surface area contributed by atoms with Crippen LogP contribution in [-0.4, -0.2) is 23.8 Å². The first-order valence-electron chi connectivity index (χ1n) is 8.72. The molecule has 1 aliphatic heterocycles. The van der Waals surface area contributed by atoms with E-state index in [9.17, 15) is 9.59 Å². The van der Waals surface area contributed by atoms with Gasteiger partial charge in [0.2, 0.25) is 11.8 Å². The zero-order valence-electron chi connectivity index (χ0n) is 15.0. The Kier molecular flexibility index (Phi) is 5.67. The molecular weight excluding hydrogens is 392 g/mol. The Hall–Kier alpha value is -1.09. The fourth-order valence-corrected chi connectivity index (χ4v) is 4.41. The van der Waals surface area contributed by atoms with Gasteiger partial charge in [-0.3, -0.25) is 9.59 Å². The molecule has 7 heteroatoms. The van der Waals surface area contributed by atoms with E-state index in [1.165, 1.54) is 4.90 Å². The minimum absolute atomic E-state index is 0.199. The minimum atomic E-state index is -0.398. The minimum Gasteiger partial charge on any atom is -0.482 e. The van der Waals surface area contributed by atoms with Crippen LogP contribution in [0.2, 0.25) is 10.0 Å². The first kappa shape index (κ1) is 19.7. The standard InChI is InChI=1S/C19H22Cl2NO3P/c1-4-19(2,26-3)25-16-10-15(13(20)9-14(16)21)22-17(23)11-7-5-6-8-12(11)18(22)24/h5,7,9-12,26H,4,6,8H2,1-3H3. The zero-order valence-corrected chi connectivity index (χ0v) is 17.5. The van der Waals surface area contributed by atoms with Gasteiger partial charge in [0, 0.05) is 6.07 Å². The van der Waals surface area contributed by atoms with Gasteiger partial charge in [-0.15, -0.1) is 0 Å². The van der Waals surface area contributed by atoms with Gasteiger partial charge in [-0.1, -0.05) is 50.9 Å². The maximum atomic E-state index is 12.8. The second-order valence-electron chi connectivity index (χ2n) is 6.82. The molecule has 0 radical (unpaired) electrons. The largest absolute Gasteiger partial charge is 0.482 e. The number of anilines is 1. The van der Waals surface area contributed by atoms with Crippen molar-refractivity contribution in [1.82, 2.24) is 0 Å². The average Bonchev–Trinajstić information content (AvgIpc) is 2.89. The number of allylic oxidation sites excluding steroid dienone is 1. The Balaban J connectivity index is 2.00. The number of nitrogens with zero attached hydrogens (tertiary/aromatic N) is 1. The van der Waals surface area contributed by atoms with Crippen LogP contribution in [-0.2, 0) is 9.59 Å². The molecule has 4 nitrogen and oxygen atoms in total. The summed E-state index contributed by atoms with van der Waals surface area (Å²) < 4.78 is 6.13. The Morgan fingerprint density at radius 2 is 2.00 bits per heavy atom. The smallest absolute Gasteiger partial charge is 0.241 e. The molecule has 140 valence electrons. The van der Waals surface area contributed by atoms with Crippen molar-refractivity contribution < 1.29 is 14.3 Å². The Morgan fingerprint density at radius 3 is 2.62 bits per heavy atom. The van der Waals surface area contributed by atoms with Gasteiger partial charge in [-0.05, 0) is 38.9 Å². The number of hydrogen-bond donors (Lipinski definition) is 0. The number of carbonyl (C=O) groups excluding carboxylic acids is 2. The highest BCUT2D eigenvalue weighted by molar-refractivity contribution is 7.38. The first-order chi connectivity index (χ1) is 12.3. The Bertz CT molecular complexity index is 776. The normalized spacial score (nSPS) is 25.0. The van der Waals surface area contributed by atoms with Gasteiger partial charge in [0.25, 0.3) is 0 Å². The van der Waals surface area contributed by atoms with Crippen LogP contribution >= 0.6 is 31.8 Å². The second kappa shape index (κ2) is 7.50. The van der Waals surface area contributed by atoms with Crippen LogP contribution in [0.3, 0.4) is 0 Å². The third-order valence-electron chi connectivity index (χ3n) is 5.25. The molecule has 2 amide bonds. The lowest BCUT2D eigenvalue weighted by Crippen LogP contribution is -2.31. The highest BCUT2D eigenvalue weighted by atomic mass is 35.5. The summed E-state index contributed by atoms with van der Waals surface area (Å²) in [4.78, 5) is 26.9. The Morgan fingerprint density at radius 1 is 1.27 bits per heavy atom. The fourth-order valence-electron chi connectivity index (χ4n) is 3.34. The number of carbonyl (C=O) groups is 2. The van der Waals surface area contributed by atoms with E-state index in [0.29, 0.717) is 31.5 Å². The monoisotopic (exact) mass is 413 g/mol. The van der Waals surface area contributed by atoms with Gasteiger partial charge >= 0.3 is 0 Å². The molecule has 1 aromatic carbocycles. The lowest BCUT2D eigenvalue weighted by molar-refractivity contribution is -0.122. The zero-order chi connectivity index (χ0) is 19.1. The van der Waals surface area contributed by atoms with Gasteiger partial charge in [0.05, 0.1) is 27.6 Å². The van der Waals surface area contributed by atoms with Crippen LogP contribution in [0.15, 0.2) is 24.3 Å². The lowest BCUT2D eigenvalue weighted by atomic mass is 9.86. The van der Waals surface area contributed by atoms with Crippen LogP contribution in [0.25, 0.3) is 0 Å². The van der Waals surface area contributed by atoms with E-state index in [1.54, 1.807) is 12.1 Å². The van der Waals surface area contributed by atoms with Gasteiger partial charge in [0.15, 0.2) is 0 Å². The summed E-state index contributed by atoms with van der Waals surface area (Å²) in [6.45, 7) is 6.13. The number of amides is 2. The van der Waals surface area contributed by atoms with E-state index >= 15 is 0 Å². The predicted molar refractivity (Wildman–Crippen MR) is 108 cm³/mol. The van der Waals surface area contributed by atoms with Crippen molar-refractivity contribution in [3.8, 4) is 5.75 Å². The number of hydrogen-bond acceptors (Lipinski definition) is 3. The van der Waals surface area contributed by atoms with Crippen molar-refractivity contribution in [2.75, 3.05) is 11.6 Å². The average molecular weight is 414 g/mol. The lowest BCUT2D eigenvalue weighted by Gasteiger charge is -2.29. The molecular formula is C19H22Cl2NO3P. The van der Waals surface area contributed by atoms with Crippen LogP contribution < -0.4 is 9.64 Å². The third kappa shape index (κ3) is 3.40. The number of halogens is 2. The SMILES string of the molecule is CCC(C)(Oc1cc(N2C(=O)C3C=CCCC3C2=O)c(Cl)cc1Cl)PC. The quantitative estimate of drug-likeness (QED) is 0.375. The molecule has 26 heavy (non-hydrogen) atoms. The molecule has 1 fully saturated rings. The van der Waals surface area contributed by atoms with Crippen molar-refractivity contribution in [2.24, 2.45) is 11.8 Å². The van der Waals surface area contributed by atoms with Gasteiger partial charge in [-0.25, -0.2) is 4.90 Å². The second-order valence-corrected chi connectivity index (χ2v) is 9.19. The third-order valence-corrected chi connectivity index (χ3v) is 7.36. The van der Waals surface area contributed by atoms with E-state index < -0.39 is 5.92 Å².